The Morgan fingerprint density at radius 2 is 1.82 bits per heavy atom. The summed E-state index contributed by atoms with van der Waals surface area (Å²) >= 11 is 1.40. The number of hydrogen-bond acceptors (Lipinski definition) is 7. The molecule has 3 amide bonds. The van der Waals surface area contributed by atoms with Crippen molar-refractivity contribution in [3.63, 3.8) is 0 Å². The van der Waals surface area contributed by atoms with Crippen molar-refractivity contribution < 1.29 is 23.9 Å². The van der Waals surface area contributed by atoms with Crippen molar-refractivity contribution in [3.8, 4) is 0 Å². The van der Waals surface area contributed by atoms with Gasteiger partial charge in [0.1, 0.15) is 6.04 Å². The second-order valence-corrected chi connectivity index (χ2v) is 9.55. The molecule has 1 aromatic heterocycles. The molecule has 9 heteroatoms. The van der Waals surface area contributed by atoms with Crippen LogP contribution in [-0.4, -0.2) is 59.9 Å². The highest BCUT2D eigenvalue weighted by Crippen LogP contribution is 2.34. The zero-order valence-corrected chi connectivity index (χ0v) is 19.2. The van der Waals surface area contributed by atoms with Gasteiger partial charge in [-0.2, -0.15) is 0 Å². The number of morpholine rings is 1. The minimum Gasteiger partial charge on any atom is -0.379 e. The van der Waals surface area contributed by atoms with E-state index in [1.54, 1.807) is 4.90 Å². The summed E-state index contributed by atoms with van der Waals surface area (Å²) in [6.45, 7) is 5.77. The van der Waals surface area contributed by atoms with Crippen LogP contribution >= 0.6 is 11.3 Å². The van der Waals surface area contributed by atoms with Crippen LogP contribution in [0.1, 0.15) is 44.8 Å². The van der Waals surface area contributed by atoms with Crippen LogP contribution in [0, 0.1) is 0 Å². The Hall–Kier alpha value is -2.59. The number of amides is 3. The van der Waals surface area contributed by atoms with Crippen LogP contribution in [-0.2, 0) is 45.4 Å². The van der Waals surface area contributed by atoms with Gasteiger partial charge in [-0.3, -0.25) is 24.6 Å². The maximum absolute atomic E-state index is 12.8. The largest absolute Gasteiger partial charge is 0.379 e. The van der Waals surface area contributed by atoms with Crippen molar-refractivity contribution >= 4 is 29.1 Å². The number of nitrogens with zero attached hydrogens (tertiary/aromatic N) is 2. The Balaban J connectivity index is 1.14. The smallest absolute Gasteiger partial charge is 0.265 e. The van der Waals surface area contributed by atoms with Crippen LogP contribution < -0.4 is 5.32 Å². The fourth-order valence-corrected chi connectivity index (χ4v) is 5.56. The SMILES string of the molecule is O=C1CC[C@H](N2Cc3c(COCc4ccc(CN5CCOCC5)cc4)csc3C2=O)C(=O)N1. The van der Waals surface area contributed by atoms with Gasteiger partial charge in [0.25, 0.3) is 5.91 Å². The van der Waals surface area contributed by atoms with Gasteiger partial charge in [-0.05, 0) is 28.5 Å². The van der Waals surface area contributed by atoms with E-state index in [-0.39, 0.29) is 24.1 Å². The predicted octanol–water partition coefficient (Wildman–Crippen LogP) is 2.06. The van der Waals surface area contributed by atoms with Crippen LogP contribution in [0.3, 0.4) is 0 Å². The normalized spacial score (nSPS) is 21.4. The quantitative estimate of drug-likeness (QED) is 0.625. The minimum absolute atomic E-state index is 0.133. The van der Waals surface area contributed by atoms with Crippen LogP contribution in [0.15, 0.2) is 29.6 Å². The number of imide groups is 1. The third-order valence-electron chi connectivity index (χ3n) is 6.41. The summed E-state index contributed by atoms with van der Waals surface area (Å²) in [4.78, 5) is 41.1. The van der Waals surface area contributed by atoms with Gasteiger partial charge in [-0.25, -0.2) is 0 Å². The van der Waals surface area contributed by atoms with Crippen LogP contribution in [0.4, 0.5) is 0 Å². The van der Waals surface area contributed by atoms with Crippen LogP contribution in [0.25, 0.3) is 0 Å². The second kappa shape index (κ2) is 9.72. The van der Waals surface area contributed by atoms with Gasteiger partial charge in [0, 0.05) is 38.2 Å². The number of carbonyl (C=O) groups is 3. The van der Waals surface area contributed by atoms with Gasteiger partial charge in [0.2, 0.25) is 11.8 Å². The Labute approximate surface area is 196 Å². The molecule has 3 aliphatic rings. The van der Waals surface area contributed by atoms with Gasteiger partial charge in [0.05, 0.1) is 31.3 Å². The zero-order chi connectivity index (χ0) is 22.8. The molecule has 1 aromatic carbocycles. The molecule has 174 valence electrons. The molecule has 0 saturated carbocycles. The highest BCUT2D eigenvalue weighted by Gasteiger charge is 2.40. The molecule has 0 radical (unpaired) electrons. The molecule has 5 rings (SSSR count). The molecule has 1 atom stereocenters. The molecule has 1 N–H and O–H groups in total. The molecule has 8 nitrogen and oxygen atoms in total. The molecule has 33 heavy (non-hydrogen) atoms. The van der Waals surface area contributed by atoms with E-state index in [0.29, 0.717) is 31.1 Å². The average molecular weight is 470 g/mol. The number of carbonyl (C=O) groups excluding carboxylic acids is 3. The number of fused-ring (bicyclic) bond motifs is 1. The van der Waals surface area contributed by atoms with E-state index in [4.69, 9.17) is 9.47 Å². The fraction of sp³-hybridized carbons (Fsp3) is 0.458. The molecule has 3 aliphatic heterocycles. The second-order valence-electron chi connectivity index (χ2n) is 8.67. The number of ether oxygens (including phenoxy) is 2. The summed E-state index contributed by atoms with van der Waals surface area (Å²) < 4.78 is 11.4. The molecule has 0 spiro atoms. The highest BCUT2D eigenvalue weighted by atomic mass is 32.1. The van der Waals surface area contributed by atoms with Gasteiger partial charge in [-0.1, -0.05) is 24.3 Å². The molecule has 0 unspecified atom stereocenters. The van der Waals surface area contributed by atoms with E-state index >= 15 is 0 Å². The summed E-state index contributed by atoms with van der Waals surface area (Å²) in [5.74, 6) is -0.794. The van der Waals surface area contributed by atoms with E-state index in [2.05, 4.69) is 34.5 Å². The lowest BCUT2D eigenvalue weighted by Crippen LogP contribution is -2.52. The maximum atomic E-state index is 12.8. The van der Waals surface area contributed by atoms with Crippen LogP contribution in [0.5, 0.6) is 0 Å². The molecule has 0 bridgehead atoms. The van der Waals surface area contributed by atoms with E-state index in [1.165, 1.54) is 16.9 Å². The Morgan fingerprint density at radius 3 is 2.58 bits per heavy atom. The van der Waals surface area contributed by atoms with Gasteiger partial charge in [0.15, 0.2) is 0 Å². The molecule has 2 saturated heterocycles. The van der Waals surface area contributed by atoms with Crippen molar-refractivity contribution in [3.05, 3.63) is 56.8 Å². The van der Waals surface area contributed by atoms with Crippen molar-refractivity contribution in [1.29, 1.82) is 0 Å². The fourth-order valence-electron chi connectivity index (χ4n) is 4.53. The first-order valence-corrected chi connectivity index (χ1v) is 12.2. The lowest BCUT2D eigenvalue weighted by Gasteiger charge is -2.29. The summed E-state index contributed by atoms with van der Waals surface area (Å²) in [5, 5.41) is 4.31. The van der Waals surface area contributed by atoms with Crippen LogP contribution in [0.2, 0.25) is 0 Å². The van der Waals surface area contributed by atoms with Gasteiger partial charge >= 0.3 is 0 Å². The molecular formula is C24H27N3O5S. The van der Waals surface area contributed by atoms with Crippen molar-refractivity contribution in [1.82, 2.24) is 15.1 Å². The Kier molecular flexibility index (Phi) is 6.55. The number of benzene rings is 1. The first-order chi connectivity index (χ1) is 16.1. The van der Waals surface area contributed by atoms with E-state index in [9.17, 15) is 14.4 Å². The summed E-state index contributed by atoms with van der Waals surface area (Å²) in [6, 6.07) is 7.91. The molecule has 4 heterocycles. The summed E-state index contributed by atoms with van der Waals surface area (Å²) in [6.07, 6.45) is 0.633. The number of thiophene rings is 1. The Morgan fingerprint density at radius 1 is 1.06 bits per heavy atom. The van der Waals surface area contributed by atoms with E-state index < -0.39 is 6.04 Å². The van der Waals surface area contributed by atoms with Crippen molar-refractivity contribution in [2.75, 3.05) is 26.3 Å². The first-order valence-electron chi connectivity index (χ1n) is 11.3. The predicted molar refractivity (Wildman–Crippen MR) is 121 cm³/mol. The summed E-state index contributed by atoms with van der Waals surface area (Å²) in [5.41, 5.74) is 4.31. The lowest BCUT2D eigenvalue weighted by atomic mass is 10.0. The zero-order valence-electron chi connectivity index (χ0n) is 18.4. The molecule has 2 fully saturated rings. The highest BCUT2D eigenvalue weighted by molar-refractivity contribution is 7.12. The standard InChI is InChI=1S/C24H27N3O5S/c28-21-6-5-20(23(29)25-21)27-12-19-18(15-33-22(19)24(27)30)14-32-13-17-3-1-16(2-4-17)11-26-7-9-31-10-8-26/h1-4,15,20H,5-14H2,(H,25,28,29)/t20-/m0/s1. The monoisotopic (exact) mass is 469 g/mol. The Bertz CT molecular complexity index is 1040. The molecular weight excluding hydrogens is 442 g/mol. The maximum Gasteiger partial charge on any atom is 0.265 e. The number of nitrogens with one attached hydrogen (secondary N) is 1. The van der Waals surface area contributed by atoms with Gasteiger partial charge in [-0.15, -0.1) is 11.3 Å². The molecule has 0 aliphatic carbocycles. The number of hydrogen-bond donors (Lipinski definition) is 1. The van der Waals surface area contributed by atoms with E-state index in [1.807, 2.05) is 5.38 Å². The van der Waals surface area contributed by atoms with Gasteiger partial charge < -0.3 is 14.4 Å². The summed E-state index contributed by atoms with van der Waals surface area (Å²) in [7, 11) is 0. The topological polar surface area (TPSA) is 88.2 Å². The number of piperidine rings is 1. The lowest BCUT2D eigenvalue weighted by molar-refractivity contribution is -0.136. The molecule has 2 aromatic rings. The van der Waals surface area contributed by atoms with E-state index in [0.717, 1.165) is 49.5 Å². The average Bonchev–Trinajstić information content (AvgIpc) is 3.36. The first kappa shape index (κ1) is 22.2. The minimum atomic E-state index is -0.584. The van der Waals surface area contributed by atoms with Crippen molar-refractivity contribution in [2.45, 2.75) is 45.2 Å². The third kappa shape index (κ3) is 4.86. The van der Waals surface area contributed by atoms with Crippen molar-refractivity contribution in [2.24, 2.45) is 0 Å². The number of rotatable bonds is 7. The third-order valence-corrected chi connectivity index (χ3v) is 7.47.